The third-order valence-electron chi connectivity index (χ3n) is 3.97. The average Bonchev–Trinajstić information content (AvgIpc) is 2.59. The highest BCUT2D eigenvalue weighted by Gasteiger charge is 2.29. The number of carboxylic acids is 1. The number of carboxylic acid groups (broad SMARTS) is 1. The summed E-state index contributed by atoms with van der Waals surface area (Å²) in [6, 6.07) is 18.0. The minimum Gasteiger partial charge on any atom is -0.480 e. The summed E-state index contributed by atoms with van der Waals surface area (Å²) in [6.45, 7) is 3.63. The van der Waals surface area contributed by atoms with Gasteiger partial charge in [-0.05, 0) is 25.0 Å². The molecule has 1 N–H and O–H groups in total. The van der Waals surface area contributed by atoms with Crippen molar-refractivity contribution in [3.63, 3.8) is 0 Å². The molecule has 0 aliphatic heterocycles. The molecule has 0 bridgehead atoms. The van der Waals surface area contributed by atoms with Gasteiger partial charge in [0.1, 0.15) is 6.04 Å². The van der Waals surface area contributed by atoms with Gasteiger partial charge < -0.3 is 10.0 Å². The number of aliphatic carboxylic acids is 1. The van der Waals surface area contributed by atoms with Gasteiger partial charge in [0.05, 0.1) is 5.92 Å². The molecule has 0 fully saturated rings. The summed E-state index contributed by atoms with van der Waals surface area (Å²) in [4.78, 5) is 25.7. The molecule has 1 amide bonds. The van der Waals surface area contributed by atoms with Crippen LogP contribution >= 0.6 is 0 Å². The van der Waals surface area contributed by atoms with Crippen molar-refractivity contribution >= 4 is 11.9 Å². The minimum absolute atomic E-state index is 0.185. The second kappa shape index (κ2) is 7.58. The van der Waals surface area contributed by atoms with Gasteiger partial charge >= 0.3 is 5.97 Å². The van der Waals surface area contributed by atoms with Crippen molar-refractivity contribution in [3.8, 4) is 0 Å². The predicted octanol–water partition coefficient (Wildman–Crippen LogP) is 3.29. The summed E-state index contributed by atoms with van der Waals surface area (Å²) in [5.74, 6) is -1.58. The fourth-order valence-electron chi connectivity index (χ4n) is 2.45. The standard InChI is InChI=1S/C19H21NO3/c1-14(17-11-7-4-8-12-17)18(21)20(15(2)19(22)23)13-16-9-5-3-6-10-16/h3-12,14-15H,13H2,1-2H3,(H,22,23)/t14-,15?/m0/s1. The smallest absolute Gasteiger partial charge is 0.326 e. The number of rotatable bonds is 6. The third kappa shape index (κ3) is 4.19. The van der Waals surface area contributed by atoms with E-state index in [1.807, 2.05) is 67.6 Å². The predicted molar refractivity (Wildman–Crippen MR) is 88.9 cm³/mol. The molecule has 0 saturated carbocycles. The maximum atomic E-state index is 12.9. The van der Waals surface area contributed by atoms with Gasteiger partial charge in [-0.3, -0.25) is 4.79 Å². The Balaban J connectivity index is 2.25. The first-order chi connectivity index (χ1) is 11.0. The zero-order valence-corrected chi connectivity index (χ0v) is 13.3. The van der Waals surface area contributed by atoms with Crippen molar-refractivity contribution < 1.29 is 14.7 Å². The highest BCUT2D eigenvalue weighted by molar-refractivity contribution is 5.87. The van der Waals surface area contributed by atoms with E-state index in [9.17, 15) is 14.7 Å². The van der Waals surface area contributed by atoms with Crippen LogP contribution < -0.4 is 0 Å². The lowest BCUT2D eigenvalue weighted by Gasteiger charge is -2.29. The maximum absolute atomic E-state index is 12.9. The summed E-state index contributed by atoms with van der Waals surface area (Å²) in [7, 11) is 0. The van der Waals surface area contributed by atoms with Gasteiger partial charge in [-0.1, -0.05) is 60.7 Å². The van der Waals surface area contributed by atoms with Crippen LogP contribution in [0.2, 0.25) is 0 Å². The van der Waals surface area contributed by atoms with Gasteiger partial charge in [-0.25, -0.2) is 4.79 Å². The van der Waals surface area contributed by atoms with Crippen molar-refractivity contribution in [2.24, 2.45) is 0 Å². The molecule has 0 aromatic heterocycles. The SMILES string of the molecule is CC(C(=O)O)N(Cc1ccccc1)C(=O)[C@@H](C)c1ccccc1. The monoisotopic (exact) mass is 311 g/mol. The molecule has 4 nitrogen and oxygen atoms in total. The summed E-state index contributed by atoms with van der Waals surface area (Å²) in [5.41, 5.74) is 1.79. The molecule has 0 aliphatic carbocycles. The van der Waals surface area contributed by atoms with Gasteiger partial charge in [0.15, 0.2) is 0 Å². The molecule has 120 valence electrons. The van der Waals surface area contributed by atoms with Crippen LogP contribution in [0.1, 0.15) is 30.9 Å². The first-order valence-corrected chi connectivity index (χ1v) is 7.63. The lowest BCUT2D eigenvalue weighted by Crippen LogP contribution is -2.44. The number of hydrogen-bond acceptors (Lipinski definition) is 2. The molecular formula is C19H21NO3. The van der Waals surface area contributed by atoms with Crippen LogP contribution in [0.5, 0.6) is 0 Å². The Bertz CT molecular complexity index is 655. The van der Waals surface area contributed by atoms with Gasteiger partial charge in [0.2, 0.25) is 5.91 Å². The Kier molecular flexibility index (Phi) is 5.52. The van der Waals surface area contributed by atoms with Crippen molar-refractivity contribution in [2.75, 3.05) is 0 Å². The normalized spacial score (nSPS) is 13.1. The first kappa shape index (κ1) is 16.7. The second-order valence-corrected chi connectivity index (χ2v) is 5.60. The van der Waals surface area contributed by atoms with E-state index in [-0.39, 0.29) is 18.4 Å². The number of hydrogen-bond donors (Lipinski definition) is 1. The molecule has 2 aromatic rings. The first-order valence-electron chi connectivity index (χ1n) is 7.63. The molecule has 0 aliphatic rings. The quantitative estimate of drug-likeness (QED) is 0.890. The molecule has 0 spiro atoms. The lowest BCUT2D eigenvalue weighted by atomic mass is 9.98. The van der Waals surface area contributed by atoms with E-state index < -0.39 is 12.0 Å². The fourth-order valence-corrected chi connectivity index (χ4v) is 2.45. The van der Waals surface area contributed by atoms with Crippen molar-refractivity contribution in [1.82, 2.24) is 4.90 Å². The molecule has 1 unspecified atom stereocenters. The van der Waals surface area contributed by atoms with Gasteiger partial charge in [0, 0.05) is 6.54 Å². The third-order valence-corrected chi connectivity index (χ3v) is 3.97. The molecule has 2 atom stereocenters. The molecule has 0 saturated heterocycles. The van der Waals surface area contributed by atoms with Crippen LogP contribution in [0.3, 0.4) is 0 Å². The van der Waals surface area contributed by atoms with Crippen LogP contribution in [0, 0.1) is 0 Å². The number of nitrogens with zero attached hydrogens (tertiary/aromatic N) is 1. The largest absolute Gasteiger partial charge is 0.480 e. The zero-order chi connectivity index (χ0) is 16.8. The van der Waals surface area contributed by atoms with Crippen molar-refractivity contribution in [1.29, 1.82) is 0 Å². The molecule has 2 aromatic carbocycles. The highest BCUT2D eigenvalue weighted by atomic mass is 16.4. The van der Waals surface area contributed by atoms with Gasteiger partial charge in [-0.15, -0.1) is 0 Å². The Morgan fingerprint density at radius 1 is 0.957 bits per heavy atom. The van der Waals surface area contributed by atoms with Crippen molar-refractivity contribution in [2.45, 2.75) is 32.4 Å². The molecule has 0 radical (unpaired) electrons. The summed E-state index contributed by atoms with van der Waals surface area (Å²) in [6.07, 6.45) is 0. The average molecular weight is 311 g/mol. The molecular weight excluding hydrogens is 290 g/mol. The van der Waals surface area contributed by atoms with E-state index in [1.165, 1.54) is 4.90 Å². The fraction of sp³-hybridized carbons (Fsp3) is 0.263. The topological polar surface area (TPSA) is 57.6 Å². The molecule has 0 heterocycles. The van der Waals surface area contributed by atoms with E-state index in [0.29, 0.717) is 0 Å². The number of benzene rings is 2. The Morgan fingerprint density at radius 2 is 1.48 bits per heavy atom. The van der Waals surface area contributed by atoms with Gasteiger partial charge in [-0.2, -0.15) is 0 Å². The Morgan fingerprint density at radius 3 is 2.00 bits per heavy atom. The van der Waals surface area contributed by atoms with E-state index in [2.05, 4.69) is 0 Å². The van der Waals surface area contributed by atoms with Crippen LogP contribution in [0.25, 0.3) is 0 Å². The molecule has 23 heavy (non-hydrogen) atoms. The Hall–Kier alpha value is -2.62. The van der Waals surface area contributed by atoms with Crippen LogP contribution in [0.4, 0.5) is 0 Å². The van der Waals surface area contributed by atoms with Crippen molar-refractivity contribution in [3.05, 3.63) is 71.8 Å². The van der Waals surface area contributed by atoms with Crippen LogP contribution in [-0.2, 0) is 16.1 Å². The lowest BCUT2D eigenvalue weighted by molar-refractivity contribution is -0.150. The van der Waals surface area contributed by atoms with E-state index in [1.54, 1.807) is 6.92 Å². The minimum atomic E-state index is -1.01. The molecule has 2 rings (SSSR count). The number of amides is 1. The van der Waals surface area contributed by atoms with E-state index in [0.717, 1.165) is 11.1 Å². The summed E-state index contributed by atoms with van der Waals surface area (Å²) in [5, 5.41) is 9.34. The zero-order valence-electron chi connectivity index (χ0n) is 13.3. The Labute approximate surface area is 136 Å². The number of carbonyl (C=O) groups is 2. The maximum Gasteiger partial charge on any atom is 0.326 e. The second-order valence-electron chi connectivity index (χ2n) is 5.60. The van der Waals surface area contributed by atoms with Crippen LogP contribution in [-0.4, -0.2) is 27.9 Å². The number of carbonyl (C=O) groups excluding carboxylic acids is 1. The van der Waals surface area contributed by atoms with E-state index >= 15 is 0 Å². The highest BCUT2D eigenvalue weighted by Crippen LogP contribution is 2.21. The summed E-state index contributed by atoms with van der Waals surface area (Å²) >= 11 is 0. The molecule has 4 heteroatoms. The van der Waals surface area contributed by atoms with Gasteiger partial charge in [0.25, 0.3) is 0 Å². The summed E-state index contributed by atoms with van der Waals surface area (Å²) < 4.78 is 0. The van der Waals surface area contributed by atoms with E-state index in [4.69, 9.17) is 0 Å². The van der Waals surface area contributed by atoms with Crippen LogP contribution in [0.15, 0.2) is 60.7 Å².